The van der Waals surface area contributed by atoms with Crippen LogP contribution in [0.2, 0.25) is 0 Å². The lowest BCUT2D eigenvalue weighted by molar-refractivity contribution is -0.870. The van der Waals surface area contributed by atoms with Gasteiger partial charge in [-0.15, -0.1) is 0 Å². The van der Waals surface area contributed by atoms with Crippen molar-refractivity contribution < 1.29 is 32.9 Å². The van der Waals surface area contributed by atoms with E-state index in [0.717, 1.165) is 38.5 Å². The maximum atomic E-state index is 12.9. The van der Waals surface area contributed by atoms with E-state index in [0.29, 0.717) is 23.9 Å². The van der Waals surface area contributed by atoms with Gasteiger partial charge in [0.05, 0.1) is 39.9 Å². The van der Waals surface area contributed by atoms with E-state index >= 15 is 0 Å². The second kappa shape index (κ2) is 45.4. The van der Waals surface area contributed by atoms with Crippen LogP contribution < -0.4 is 5.32 Å². The molecule has 0 aromatic carbocycles. The van der Waals surface area contributed by atoms with Gasteiger partial charge in [0.2, 0.25) is 5.91 Å². The van der Waals surface area contributed by atoms with Gasteiger partial charge >= 0.3 is 7.82 Å². The van der Waals surface area contributed by atoms with Crippen LogP contribution in [0.1, 0.15) is 271 Å². The number of carbonyl (C=O) groups is 1. The minimum atomic E-state index is -4.32. The monoisotopic (exact) mass is 900 g/mol. The SMILES string of the molecule is CCCCCC/C=C\CCCCCCCCCC(=O)NC(COP(=O)(O)OCC[N+](C)(C)C)C(O)CCCCCCCCCCCCCCCCCCCCCCCCCCC. The van der Waals surface area contributed by atoms with Crippen LogP contribution in [0, 0.1) is 0 Å². The molecule has 0 fully saturated rings. The molecule has 0 spiro atoms. The molecule has 9 heteroatoms. The van der Waals surface area contributed by atoms with Crippen LogP contribution in [0.4, 0.5) is 0 Å². The molecule has 1 amide bonds. The summed E-state index contributed by atoms with van der Waals surface area (Å²) in [6.45, 7) is 4.91. The van der Waals surface area contributed by atoms with Crippen molar-refractivity contribution in [2.45, 2.75) is 283 Å². The fourth-order valence-corrected chi connectivity index (χ4v) is 8.96. The number of unbranched alkanes of at least 4 members (excludes halogenated alkanes) is 35. The Bertz CT molecular complexity index is 1020. The van der Waals surface area contributed by atoms with E-state index in [1.54, 1.807) is 0 Å². The van der Waals surface area contributed by atoms with Gasteiger partial charge in [-0.25, -0.2) is 4.57 Å². The molecule has 8 nitrogen and oxygen atoms in total. The van der Waals surface area contributed by atoms with Crippen molar-refractivity contribution in [3.05, 3.63) is 12.2 Å². The van der Waals surface area contributed by atoms with E-state index in [4.69, 9.17) is 9.05 Å². The van der Waals surface area contributed by atoms with Gasteiger partial charge in [0.25, 0.3) is 0 Å². The van der Waals surface area contributed by atoms with Gasteiger partial charge in [0.15, 0.2) is 0 Å². The van der Waals surface area contributed by atoms with Crippen molar-refractivity contribution in [3.8, 4) is 0 Å². The van der Waals surface area contributed by atoms with Crippen molar-refractivity contribution in [1.29, 1.82) is 0 Å². The first kappa shape index (κ1) is 61.2. The van der Waals surface area contributed by atoms with Crippen molar-refractivity contribution in [1.82, 2.24) is 5.32 Å². The molecule has 0 aromatic rings. The highest BCUT2D eigenvalue weighted by Crippen LogP contribution is 2.43. The molecule has 0 radical (unpaired) electrons. The largest absolute Gasteiger partial charge is 0.472 e. The molecular weight excluding hydrogens is 792 g/mol. The predicted octanol–water partition coefficient (Wildman–Crippen LogP) is 15.9. The molecule has 3 unspecified atom stereocenters. The lowest BCUT2D eigenvalue weighted by atomic mass is 10.0. The number of quaternary nitrogens is 1. The van der Waals surface area contributed by atoms with E-state index in [2.05, 4.69) is 31.3 Å². The minimum absolute atomic E-state index is 0.0761. The highest BCUT2D eigenvalue weighted by molar-refractivity contribution is 7.47. The topological polar surface area (TPSA) is 105 Å². The van der Waals surface area contributed by atoms with Gasteiger partial charge in [0, 0.05) is 6.42 Å². The zero-order chi connectivity index (χ0) is 45.7. The van der Waals surface area contributed by atoms with Gasteiger partial charge in [-0.1, -0.05) is 238 Å². The van der Waals surface area contributed by atoms with Crippen molar-refractivity contribution in [2.24, 2.45) is 0 Å². The summed E-state index contributed by atoms with van der Waals surface area (Å²) in [6, 6.07) is -0.760. The summed E-state index contributed by atoms with van der Waals surface area (Å²) in [4.78, 5) is 23.2. The summed E-state index contributed by atoms with van der Waals surface area (Å²) < 4.78 is 23.7. The number of phosphoric acid groups is 1. The Morgan fingerprint density at radius 3 is 1.26 bits per heavy atom. The lowest BCUT2D eigenvalue weighted by Crippen LogP contribution is -2.46. The Kier molecular flexibility index (Phi) is 44.8. The number of rotatable bonds is 50. The average Bonchev–Trinajstić information content (AvgIpc) is 3.23. The number of allylic oxidation sites excluding steroid dienone is 2. The summed E-state index contributed by atoms with van der Waals surface area (Å²) in [5.74, 6) is -0.146. The van der Waals surface area contributed by atoms with E-state index in [9.17, 15) is 19.4 Å². The zero-order valence-corrected chi connectivity index (χ0v) is 43.0. The van der Waals surface area contributed by atoms with Crippen LogP contribution in [0.25, 0.3) is 0 Å². The number of likely N-dealkylation sites (N-methyl/N-ethyl adjacent to an activating group) is 1. The van der Waals surface area contributed by atoms with Gasteiger partial charge < -0.3 is 19.8 Å². The van der Waals surface area contributed by atoms with Crippen LogP contribution in [-0.2, 0) is 18.4 Å². The summed E-state index contributed by atoms with van der Waals surface area (Å²) >= 11 is 0. The summed E-state index contributed by atoms with van der Waals surface area (Å²) in [5, 5.41) is 14.0. The molecule has 0 saturated carbocycles. The highest BCUT2D eigenvalue weighted by atomic mass is 31.2. The number of aliphatic hydroxyl groups excluding tert-OH is 1. The normalized spacial score (nSPS) is 14.1. The van der Waals surface area contributed by atoms with Crippen molar-refractivity contribution in [3.63, 3.8) is 0 Å². The van der Waals surface area contributed by atoms with Crippen LogP contribution in [-0.4, -0.2) is 73.4 Å². The molecular formula is C53H108N2O6P+. The fourth-order valence-electron chi connectivity index (χ4n) is 8.22. The third-order valence-corrected chi connectivity index (χ3v) is 13.5. The first-order chi connectivity index (χ1) is 30.0. The lowest BCUT2D eigenvalue weighted by Gasteiger charge is -2.26. The molecule has 0 aliphatic rings. The predicted molar refractivity (Wildman–Crippen MR) is 268 cm³/mol. The van der Waals surface area contributed by atoms with Crippen molar-refractivity contribution >= 4 is 13.7 Å². The van der Waals surface area contributed by atoms with E-state index in [1.807, 2.05) is 21.1 Å². The molecule has 0 aromatic heterocycles. The Balaban J connectivity index is 4.15. The van der Waals surface area contributed by atoms with E-state index < -0.39 is 20.0 Å². The Labute approximate surface area is 386 Å². The molecule has 0 rings (SSSR count). The standard InChI is InChI=1S/C53H107N2O6P/c1-6-8-10-12-14-16-18-20-22-23-24-25-26-27-28-29-30-31-33-34-36-38-40-42-44-46-52(56)51(50-61-62(58,59)60-49-48-55(3,4)5)54-53(57)47-45-43-41-39-37-35-32-21-19-17-15-13-11-9-7-2/h17,19,51-52,56H,6-16,18,20-50H2,1-5H3,(H-,54,57,58,59)/p+1/b19-17-. The van der Waals surface area contributed by atoms with Gasteiger partial charge in [-0.3, -0.25) is 13.8 Å². The average molecular weight is 900 g/mol. The fraction of sp³-hybridized carbons (Fsp3) is 0.943. The van der Waals surface area contributed by atoms with Crippen LogP contribution in [0.3, 0.4) is 0 Å². The van der Waals surface area contributed by atoms with E-state index in [-0.39, 0.29) is 19.1 Å². The van der Waals surface area contributed by atoms with Crippen LogP contribution >= 0.6 is 7.82 Å². The second-order valence-corrected chi connectivity index (χ2v) is 21.4. The maximum absolute atomic E-state index is 12.9. The number of aliphatic hydroxyl groups is 1. The third-order valence-electron chi connectivity index (χ3n) is 12.5. The van der Waals surface area contributed by atoms with Gasteiger partial charge in [0.1, 0.15) is 13.2 Å². The summed E-state index contributed by atoms with van der Waals surface area (Å²) in [7, 11) is 1.62. The number of phosphoric ester groups is 1. The number of hydrogen-bond donors (Lipinski definition) is 3. The maximum Gasteiger partial charge on any atom is 0.472 e. The first-order valence-corrected chi connectivity index (χ1v) is 28.5. The smallest absolute Gasteiger partial charge is 0.391 e. The Morgan fingerprint density at radius 2 is 0.871 bits per heavy atom. The van der Waals surface area contributed by atoms with Crippen LogP contribution in [0.15, 0.2) is 12.2 Å². The third kappa shape index (κ3) is 47.2. The molecule has 3 atom stereocenters. The molecule has 370 valence electrons. The van der Waals surface area contributed by atoms with Crippen LogP contribution in [0.5, 0.6) is 0 Å². The quantitative estimate of drug-likeness (QED) is 0.0243. The molecule has 3 N–H and O–H groups in total. The molecule has 0 bridgehead atoms. The number of hydrogen-bond acceptors (Lipinski definition) is 5. The zero-order valence-electron chi connectivity index (χ0n) is 42.1. The van der Waals surface area contributed by atoms with Gasteiger partial charge in [-0.2, -0.15) is 0 Å². The second-order valence-electron chi connectivity index (χ2n) is 20.0. The van der Waals surface area contributed by atoms with Gasteiger partial charge in [-0.05, 0) is 38.5 Å². The highest BCUT2D eigenvalue weighted by Gasteiger charge is 2.28. The minimum Gasteiger partial charge on any atom is -0.391 e. The molecule has 62 heavy (non-hydrogen) atoms. The molecule has 0 saturated heterocycles. The van der Waals surface area contributed by atoms with Crippen molar-refractivity contribution in [2.75, 3.05) is 40.9 Å². The number of nitrogens with zero attached hydrogens (tertiary/aromatic N) is 1. The summed E-state index contributed by atoms with van der Waals surface area (Å²) in [6.07, 6.45) is 54.0. The number of nitrogens with one attached hydrogen (secondary N) is 1. The van der Waals surface area contributed by atoms with E-state index in [1.165, 1.54) is 205 Å². The summed E-state index contributed by atoms with van der Waals surface area (Å²) in [5.41, 5.74) is 0. The number of amides is 1. The molecule has 0 aliphatic carbocycles. The Hall–Kier alpha value is -0.760. The first-order valence-electron chi connectivity index (χ1n) is 27.1. The molecule has 0 heterocycles. The number of carbonyl (C=O) groups excluding carboxylic acids is 1. The molecule has 0 aliphatic heterocycles. The Morgan fingerprint density at radius 1 is 0.532 bits per heavy atom.